The lowest BCUT2D eigenvalue weighted by Crippen LogP contribution is -2.25. The van der Waals surface area contributed by atoms with Gasteiger partial charge in [-0.2, -0.15) is 0 Å². The monoisotopic (exact) mass is 292 g/mol. The molecule has 1 aliphatic rings. The van der Waals surface area contributed by atoms with E-state index in [0.717, 1.165) is 18.4 Å². The van der Waals surface area contributed by atoms with Gasteiger partial charge in [-0.15, -0.1) is 0 Å². The van der Waals surface area contributed by atoms with Gasteiger partial charge in [0.15, 0.2) is 5.92 Å². The van der Waals surface area contributed by atoms with Gasteiger partial charge in [0.2, 0.25) is 0 Å². The summed E-state index contributed by atoms with van der Waals surface area (Å²) in [5.74, 6) is -2.02. The van der Waals surface area contributed by atoms with Crippen molar-refractivity contribution in [3.63, 3.8) is 0 Å². The Bertz CT molecular complexity index is 416. The second-order valence-corrected chi connectivity index (χ2v) is 4.98. The lowest BCUT2D eigenvalue weighted by molar-refractivity contribution is -0.158. The highest BCUT2D eigenvalue weighted by Gasteiger charge is 2.26. The third kappa shape index (κ3) is 6.43. The molecule has 0 aliphatic heterocycles. The minimum atomic E-state index is -0.892. The van der Waals surface area contributed by atoms with Crippen LogP contribution in [0.1, 0.15) is 38.5 Å². The Morgan fingerprint density at radius 3 is 2.48 bits per heavy atom. The highest BCUT2D eigenvalue weighted by Crippen LogP contribution is 2.14. The molecular formula is C17H24O4. The van der Waals surface area contributed by atoms with Crippen LogP contribution in [-0.2, 0) is 19.1 Å². The zero-order valence-corrected chi connectivity index (χ0v) is 12.8. The molecule has 0 amide bonds. The van der Waals surface area contributed by atoms with Gasteiger partial charge in [-0.25, -0.2) is 0 Å². The maximum Gasteiger partial charge on any atom is 0.320 e. The number of hydrogen-bond acceptors (Lipinski definition) is 4. The van der Waals surface area contributed by atoms with Crippen molar-refractivity contribution < 1.29 is 19.1 Å². The molecule has 1 aliphatic carbocycles. The molecule has 116 valence electrons. The standard InChI is InChI=1S/C17H24O4/c1-20-16(18)15(17(19)21-2)13-9-12-14-10-7-5-3-4-6-8-11-14/h7,9-12,15H,3-6,8,13H2,1-2H3/b10-7-,12-9+,14-11+. The molecule has 0 saturated carbocycles. The number of hydrogen-bond donors (Lipinski definition) is 0. The van der Waals surface area contributed by atoms with Gasteiger partial charge in [0, 0.05) is 0 Å². The van der Waals surface area contributed by atoms with Crippen molar-refractivity contribution in [2.75, 3.05) is 14.2 Å². The summed E-state index contributed by atoms with van der Waals surface area (Å²) in [6, 6.07) is 0. The molecule has 0 spiro atoms. The molecule has 0 heterocycles. The van der Waals surface area contributed by atoms with Crippen molar-refractivity contribution in [2.45, 2.75) is 38.5 Å². The number of carbonyl (C=O) groups excluding carboxylic acids is 2. The van der Waals surface area contributed by atoms with Crippen LogP contribution in [0.3, 0.4) is 0 Å². The van der Waals surface area contributed by atoms with Crippen molar-refractivity contribution in [2.24, 2.45) is 5.92 Å². The average molecular weight is 292 g/mol. The lowest BCUT2D eigenvalue weighted by Gasteiger charge is -2.09. The van der Waals surface area contributed by atoms with E-state index in [1.54, 1.807) is 0 Å². The van der Waals surface area contributed by atoms with E-state index >= 15 is 0 Å². The van der Waals surface area contributed by atoms with Gasteiger partial charge in [0.1, 0.15) is 0 Å². The van der Waals surface area contributed by atoms with E-state index in [9.17, 15) is 9.59 Å². The van der Waals surface area contributed by atoms with E-state index in [0.29, 0.717) is 0 Å². The van der Waals surface area contributed by atoms with E-state index in [1.807, 2.05) is 12.2 Å². The summed E-state index contributed by atoms with van der Waals surface area (Å²) in [6.45, 7) is 0. The predicted octanol–water partition coefficient (Wildman–Crippen LogP) is 3.34. The van der Waals surface area contributed by atoms with Crippen LogP contribution < -0.4 is 0 Å². The van der Waals surface area contributed by atoms with Crippen molar-refractivity contribution in [3.8, 4) is 0 Å². The molecule has 0 radical (unpaired) electrons. The molecule has 1 rings (SSSR count). The number of esters is 2. The van der Waals surface area contributed by atoms with Crippen LogP contribution in [0.15, 0.2) is 36.0 Å². The minimum Gasteiger partial charge on any atom is -0.468 e. The molecule has 0 aromatic rings. The smallest absolute Gasteiger partial charge is 0.320 e. The van der Waals surface area contributed by atoms with Crippen LogP contribution in [-0.4, -0.2) is 26.2 Å². The highest BCUT2D eigenvalue weighted by atomic mass is 16.5. The summed E-state index contributed by atoms with van der Waals surface area (Å²) in [5, 5.41) is 0. The summed E-state index contributed by atoms with van der Waals surface area (Å²) in [6.07, 6.45) is 16.3. The molecule has 0 aromatic carbocycles. The minimum absolute atomic E-state index is 0.282. The summed E-state index contributed by atoms with van der Waals surface area (Å²) in [5.41, 5.74) is 1.12. The Balaban J connectivity index is 2.66. The van der Waals surface area contributed by atoms with E-state index in [4.69, 9.17) is 0 Å². The zero-order valence-electron chi connectivity index (χ0n) is 12.8. The largest absolute Gasteiger partial charge is 0.468 e. The Morgan fingerprint density at radius 2 is 1.81 bits per heavy atom. The lowest BCUT2D eigenvalue weighted by atomic mass is 10.0. The first-order valence-electron chi connectivity index (χ1n) is 7.38. The maximum atomic E-state index is 11.6. The summed E-state index contributed by atoms with van der Waals surface area (Å²) in [4.78, 5) is 23.1. The van der Waals surface area contributed by atoms with E-state index in [-0.39, 0.29) is 6.42 Å². The van der Waals surface area contributed by atoms with Gasteiger partial charge in [0.25, 0.3) is 0 Å². The topological polar surface area (TPSA) is 52.6 Å². The molecule has 4 heteroatoms. The molecule has 0 fully saturated rings. The third-order valence-electron chi connectivity index (χ3n) is 3.42. The Morgan fingerprint density at radius 1 is 1.14 bits per heavy atom. The number of rotatable bonds is 5. The summed E-state index contributed by atoms with van der Waals surface area (Å²) >= 11 is 0. The van der Waals surface area contributed by atoms with Crippen LogP contribution in [0, 0.1) is 5.92 Å². The van der Waals surface area contributed by atoms with Gasteiger partial charge in [-0.05, 0) is 37.7 Å². The molecular weight excluding hydrogens is 268 g/mol. The Labute approximate surface area is 126 Å². The average Bonchev–Trinajstić information content (AvgIpc) is 2.64. The first-order chi connectivity index (χ1) is 10.2. The molecule has 0 N–H and O–H groups in total. The molecule has 21 heavy (non-hydrogen) atoms. The van der Waals surface area contributed by atoms with E-state index < -0.39 is 17.9 Å². The van der Waals surface area contributed by atoms with Gasteiger partial charge >= 0.3 is 11.9 Å². The molecule has 0 atom stereocenters. The van der Waals surface area contributed by atoms with Gasteiger partial charge < -0.3 is 9.47 Å². The first-order valence-corrected chi connectivity index (χ1v) is 7.38. The van der Waals surface area contributed by atoms with Crippen molar-refractivity contribution in [1.29, 1.82) is 0 Å². The molecule has 0 bridgehead atoms. The zero-order chi connectivity index (χ0) is 15.5. The van der Waals surface area contributed by atoms with Crippen LogP contribution >= 0.6 is 0 Å². The van der Waals surface area contributed by atoms with Crippen LogP contribution in [0.5, 0.6) is 0 Å². The summed E-state index contributed by atoms with van der Waals surface area (Å²) < 4.78 is 9.26. The third-order valence-corrected chi connectivity index (χ3v) is 3.42. The van der Waals surface area contributed by atoms with E-state index in [1.165, 1.54) is 33.5 Å². The first kappa shape index (κ1) is 17.2. The number of allylic oxidation sites excluding steroid dienone is 6. The maximum absolute atomic E-state index is 11.6. The van der Waals surface area contributed by atoms with Crippen LogP contribution in [0.25, 0.3) is 0 Å². The highest BCUT2D eigenvalue weighted by molar-refractivity contribution is 5.94. The van der Waals surface area contributed by atoms with Gasteiger partial charge in [-0.1, -0.05) is 36.8 Å². The fourth-order valence-electron chi connectivity index (χ4n) is 2.18. The Hall–Kier alpha value is -1.84. The number of carbonyl (C=O) groups is 2. The van der Waals surface area contributed by atoms with Crippen LogP contribution in [0.2, 0.25) is 0 Å². The predicted molar refractivity (Wildman–Crippen MR) is 81.6 cm³/mol. The van der Waals surface area contributed by atoms with Gasteiger partial charge in [-0.3, -0.25) is 9.59 Å². The normalized spacial score (nSPS) is 20.0. The molecule has 0 aromatic heterocycles. The number of ether oxygens (including phenoxy) is 2. The molecule has 0 saturated heterocycles. The van der Waals surface area contributed by atoms with Gasteiger partial charge in [0.05, 0.1) is 14.2 Å². The molecule has 4 nitrogen and oxygen atoms in total. The van der Waals surface area contributed by atoms with Crippen molar-refractivity contribution in [3.05, 3.63) is 36.0 Å². The summed E-state index contributed by atoms with van der Waals surface area (Å²) in [7, 11) is 2.54. The van der Waals surface area contributed by atoms with Crippen molar-refractivity contribution in [1.82, 2.24) is 0 Å². The SMILES string of the molecule is COC(=O)C(C/C=C/C1=C/CCCCC/C=C\1)C(=O)OC. The van der Waals surface area contributed by atoms with E-state index in [2.05, 4.69) is 27.7 Å². The van der Waals surface area contributed by atoms with Crippen molar-refractivity contribution >= 4 is 11.9 Å². The quantitative estimate of drug-likeness (QED) is 0.576. The Kier molecular flexibility index (Phi) is 8.17. The number of methoxy groups -OCH3 is 2. The van der Waals surface area contributed by atoms with Crippen LogP contribution in [0.4, 0.5) is 0 Å². The fraction of sp³-hybridized carbons (Fsp3) is 0.529. The fourth-order valence-corrected chi connectivity index (χ4v) is 2.18. The molecule has 0 unspecified atom stereocenters. The second-order valence-electron chi connectivity index (χ2n) is 4.98. The second kappa shape index (κ2) is 9.97.